The molecule has 0 radical (unpaired) electrons. The van der Waals surface area contributed by atoms with E-state index in [1.54, 1.807) is 6.92 Å². The lowest BCUT2D eigenvalue weighted by Gasteiger charge is -2.42. The quantitative estimate of drug-likeness (QED) is 0.528. The van der Waals surface area contributed by atoms with Crippen LogP contribution in [-0.4, -0.2) is 74.1 Å². The summed E-state index contributed by atoms with van der Waals surface area (Å²) in [6, 6.07) is 3.13. The predicted molar refractivity (Wildman–Crippen MR) is 113 cm³/mol. The summed E-state index contributed by atoms with van der Waals surface area (Å²) in [6.07, 6.45) is -12.1. The standard InChI is InChI=1S/C21H21ClF7N3O3/c1-19(5-4-15(30-11-19)20(24,25)26)16-9-32(6-7-34-16)10-17(21(27,28)29)35-18(33)31-12-2-3-13(22)14(23)8-12/h2-5,8,16-17H,6-7,9-11H2,1H3,(H,31,33)/t16-,17+,19?/m1/s1. The van der Waals surface area contributed by atoms with Gasteiger partial charge in [0.15, 0.2) is 0 Å². The van der Waals surface area contributed by atoms with Crippen molar-refractivity contribution in [1.29, 1.82) is 0 Å². The van der Waals surface area contributed by atoms with Gasteiger partial charge in [-0.1, -0.05) is 24.6 Å². The summed E-state index contributed by atoms with van der Waals surface area (Å²) in [7, 11) is 0. The Hall–Kier alpha value is -2.38. The highest BCUT2D eigenvalue weighted by atomic mass is 35.5. The number of nitrogens with one attached hydrogen (secondary N) is 1. The molecule has 3 rings (SSSR count). The van der Waals surface area contributed by atoms with E-state index in [1.165, 1.54) is 17.0 Å². The Balaban J connectivity index is 1.63. The zero-order chi connectivity index (χ0) is 26.0. The van der Waals surface area contributed by atoms with Crippen molar-refractivity contribution in [2.24, 2.45) is 10.4 Å². The Labute approximate surface area is 200 Å². The molecule has 35 heavy (non-hydrogen) atoms. The van der Waals surface area contributed by atoms with E-state index in [0.717, 1.165) is 18.2 Å². The number of alkyl halides is 6. The fraction of sp³-hybridized carbons (Fsp3) is 0.524. The number of hydrogen-bond donors (Lipinski definition) is 1. The number of halogens is 8. The molecule has 2 aliphatic rings. The summed E-state index contributed by atoms with van der Waals surface area (Å²) >= 11 is 5.53. The molecule has 1 fully saturated rings. The lowest BCUT2D eigenvalue weighted by atomic mass is 9.81. The highest BCUT2D eigenvalue weighted by Gasteiger charge is 2.46. The molecule has 1 unspecified atom stereocenters. The second kappa shape index (κ2) is 10.3. The van der Waals surface area contributed by atoms with E-state index in [0.29, 0.717) is 0 Å². The van der Waals surface area contributed by atoms with Crippen LogP contribution in [0.2, 0.25) is 5.02 Å². The van der Waals surface area contributed by atoms with Crippen molar-refractivity contribution in [2.45, 2.75) is 31.5 Å². The third kappa shape index (κ3) is 7.07. The fourth-order valence-corrected chi connectivity index (χ4v) is 3.70. The first kappa shape index (κ1) is 27.2. The van der Waals surface area contributed by atoms with Crippen molar-refractivity contribution in [1.82, 2.24) is 4.90 Å². The van der Waals surface area contributed by atoms with Crippen LogP contribution in [0.25, 0.3) is 0 Å². The highest BCUT2D eigenvalue weighted by molar-refractivity contribution is 6.30. The molecule has 3 atom stereocenters. The highest BCUT2D eigenvalue weighted by Crippen LogP contribution is 2.34. The number of dihydropyridines is 1. The molecule has 194 valence electrons. The summed E-state index contributed by atoms with van der Waals surface area (Å²) in [5.41, 5.74) is -2.17. The van der Waals surface area contributed by atoms with Crippen LogP contribution in [0.3, 0.4) is 0 Å². The molecule has 14 heteroatoms. The van der Waals surface area contributed by atoms with Crippen LogP contribution < -0.4 is 5.32 Å². The van der Waals surface area contributed by atoms with Crippen molar-refractivity contribution in [3.63, 3.8) is 0 Å². The Morgan fingerprint density at radius 1 is 1.34 bits per heavy atom. The number of ether oxygens (including phenoxy) is 2. The number of carbonyl (C=O) groups excluding carboxylic acids is 1. The van der Waals surface area contributed by atoms with Crippen molar-refractivity contribution in [2.75, 3.05) is 38.1 Å². The molecule has 2 heterocycles. The third-order valence-corrected chi connectivity index (χ3v) is 5.90. The van der Waals surface area contributed by atoms with Gasteiger partial charge in [0.1, 0.15) is 11.5 Å². The maximum Gasteiger partial charge on any atom is 0.432 e. The zero-order valence-electron chi connectivity index (χ0n) is 18.2. The Morgan fingerprint density at radius 3 is 2.63 bits per heavy atom. The first-order valence-corrected chi connectivity index (χ1v) is 10.7. The van der Waals surface area contributed by atoms with Gasteiger partial charge in [0.25, 0.3) is 0 Å². The van der Waals surface area contributed by atoms with Crippen LogP contribution >= 0.6 is 11.6 Å². The molecule has 1 aromatic rings. The van der Waals surface area contributed by atoms with E-state index in [4.69, 9.17) is 16.3 Å². The van der Waals surface area contributed by atoms with Crippen LogP contribution in [0, 0.1) is 11.2 Å². The molecule has 1 amide bonds. The first-order chi connectivity index (χ1) is 16.2. The summed E-state index contributed by atoms with van der Waals surface area (Å²) in [4.78, 5) is 16.9. The van der Waals surface area contributed by atoms with Gasteiger partial charge >= 0.3 is 18.4 Å². The van der Waals surface area contributed by atoms with Crippen molar-refractivity contribution in [3.05, 3.63) is 41.2 Å². The van der Waals surface area contributed by atoms with Crippen molar-refractivity contribution < 1.29 is 45.0 Å². The van der Waals surface area contributed by atoms with E-state index in [9.17, 15) is 35.5 Å². The summed E-state index contributed by atoms with van der Waals surface area (Å²) in [5.74, 6) is -0.881. The molecule has 6 nitrogen and oxygen atoms in total. The number of rotatable bonds is 5. The van der Waals surface area contributed by atoms with Gasteiger partial charge in [-0.25, -0.2) is 9.18 Å². The first-order valence-electron chi connectivity index (χ1n) is 10.3. The number of hydrogen-bond acceptors (Lipinski definition) is 5. The fourth-order valence-electron chi connectivity index (χ4n) is 3.58. The second-order valence-corrected chi connectivity index (χ2v) is 8.75. The average Bonchev–Trinajstić information content (AvgIpc) is 2.75. The number of anilines is 1. The minimum atomic E-state index is -4.92. The van der Waals surface area contributed by atoms with E-state index < -0.39 is 54.1 Å². The van der Waals surface area contributed by atoms with E-state index in [2.05, 4.69) is 9.73 Å². The van der Waals surface area contributed by atoms with Crippen molar-refractivity contribution >= 4 is 29.1 Å². The number of nitrogens with zero attached hydrogens (tertiary/aromatic N) is 2. The molecule has 1 N–H and O–H groups in total. The molecule has 1 saturated heterocycles. The maximum atomic E-state index is 13.6. The van der Waals surface area contributed by atoms with E-state index in [-0.39, 0.29) is 37.0 Å². The monoisotopic (exact) mass is 531 g/mol. The van der Waals surface area contributed by atoms with Crippen LogP contribution in [0.15, 0.2) is 35.3 Å². The van der Waals surface area contributed by atoms with Crippen LogP contribution in [0.5, 0.6) is 0 Å². The second-order valence-electron chi connectivity index (χ2n) is 8.35. The summed E-state index contributed by atoms with van der Waals surface area (Å²) in [5, 5.41) is 1.78. The molecular weight excluding hydrogens is 511 g/mol. The minimum Gasteiger partial charge on any atom is -0.435 e. The maximum absolute atomic E-state index is 13.6. The van der Waals surface area contributed by atoms with Gasteiger partial charge in [-0.3, -0.25) is 15.2 Å². The van der Waals surface area contributed by atoms with Crippen LogP contribution in [-0.2, 0) is 9.47 Å². The number of morpholine rings is 1. The van der Waals surface area contributed by atoms with Gasteiger partial charge in [-0.2, -0.15) is 26.3 Å². The zero-order valence-corrected chi connectivity index (χ0v) is 19.0. The Morgan fingerprint density at radius 2 is 2.06 bits per heavy atom. The topological polar surface area (TPSA) is 63.2 Å². The molecule has 0 bridgehead atoms. The van der Waals surface area contributed by atoms with E-state index in [1.807, 2.05) is 5.32 Å². The van der Waals surface area contributed by atoms with Crippen LogP contribution in [0.4, 0.5) is 41.2 Å². The number of amides is 1. The van der Waals surface area contributed by atoms with Gasteiger partial charge in [0.2, 0.25) is 6.10 Å². The van der Waals surface area contributed by atoms with Crippen LogP contribution in [0.1, 0.15) is 6.92 Å². The predicted octanol–water partition coefficient (Wildman–Crippen LogP) is 5.24. The lowest BCUT2D eigenvalue weighted by Crippen LogP contribution is -2.54. The lowest BCUT2D eigenvalue weighted by molar-refractivity contribution is -0.210. The average molecular weight is 532 g/mol. The number of carbonyl (C=O) groups is 1. The largest absolute Gasteiger partial charge is 0.435 e. The number of allylic oxidation sites excluding steroid dienone is 1. The Kier molecular flexibility index (Phi) is 8.02. The number of benzene rings is 1. The molecule has 0 aliphatic carbocycles. The SMILES string of the molecule is CC1([C@H]2CN(C[C@H](OC(=O)Nc3ccc(Cl)c(F)c3)C(F)(F)F)CCO2)C=CC(C(F)(F)F)=NC1. The summed E-state index contributed by atoms with van der Waals surface area (Å²) < 4.78 is 103. The molecule has 1 aromatic carbocycles. The number of aliphatic imine (C=N–C) groups is 1. The molecular formula is C21H21ClF7N3O3. The normalized spacial score (nSPS) is 24.6. The van der Waals surface area contributed by atoms with Gasteiger partial charge < -0.3 is 9.47 Å². The minimum absolute atomic E-state index is 0.0186. The van der Waals surface area contributed by atoms with Gasteiger partial charge in [-0.05, 0) is 24.3 Å². The van der Waals surface area contributed by atoms with Gasteiger partial charge in [0.05, 0.1) is 24.3 Å². The Bertz CT molecular complexity index is 999. The van der Waals surface area contributed by atoms with Crippen molar-refractivity contribution in [3.8, 4) is 0 Å². The smallest absolute Gasteiger partial charge is 0.432 e. The van der Waals surface area contributed by atoms with Gasteiger partial charge in [0, 0.05) is 30.7 Å². The molecule has 0 saturated carbocycles. The molecule has 0 spiro atoms. The molecule has 0 aromatic heterocycles. The molecule has 2 aliphatic heterocycles. The van der Waals surface area contributed by atoms with Gasteiger partial charge in [-0.15, -0.1) is 0 Å². The third-order valence-electron chi connectivity index (χ3n) is 5.59. The summed E-state index contributed by atoms with van der Waals surface area (Å²) in [6.45, 7) is 0.652. The van der Waals surface area contributed by atoms with E-state index >= 15 is 0 Å².